The highest BCUT2D eigenvalue weighted by Crippen LogP contribution is 2.17. The number of aryl methyl sites for hydroxylation is 1. The molecular weight excluding hydrogens is 296 g/mol. The van der Waals surface area contributed by atoms with Crippen LogP contribution in [-0.4, -0.2) is 28.8 Å². The summed E-state index contributed by atoms with van der Waals surface area (Å²) >= 11 is 0. The molecule has 1 aromatic rings. The van der Waals surface area contributed by atoms with Gasteiger partial charge in [0.05, 0.1) is 6.42 Å². The van der Waals surface area contributed by atoms with Crippen LogP contribution in [0.15, 0.2) is 24.3 Å². The molecule has 128 valence electrons. The van der Waals surface area contributed by atoms with Crippen LogP contribution in [0.3, 0.4) is 0 Å². The molecule has 1 N–H and O–H groups in total. The van der Waals surface area contributed by atoms with E-state index in [9.17, 15) is 9.59 Å². The molecule has 0 saturated carbocycles. The van der Waals surface area contributed by atoms with Gasteiger partial charge in [0.15, 0.2) is 0 Å². The lowest BCUT2D eigenvalue weighted by atomic mass is 10.1. The van der Waals surface area contributed by atoms with Crippen LogP contribution >= 0.6 is 0 Å². The number of benzene rings is 1. The van der Waals surface area contributed by atoms with Crippen LogP contribution in [0.1, 0.15) is 52.5 Å². The first-order chi connectivity index (χ1) is 10.7. The van der Waals surface area contributed by atoms with E-state index in [1.807, 2.05) is 52.0 Å². The zero-order valence-electron chi connectivity index (χ0n) is 14.3. The molecule has 5 heteroatoms. The second-order valence-corrected chi connectivity index (χ2v) is 6.61. The number of carbonyl (C=O) groups excluding carboxylic acids is 1. The van der Waals surface area contributed by atoms with Gasteiger partial charge in [0.2, 0.25) is 0 Å². The highest BCUT2D eigenvalue weighted by atomic mass is 16.6. The summed E-state index contributed by atoms with van der Waals surface area (Å²) in [7, 11) is 0. The molecule has 23 heavy (non-hydrogen) atoms. The molecule has 1 rings (SSSR count). The van der Waals surface area contributed by atoms with Gasteiger partial charge in [-0.2, -0.15) is 0 Å². The van der Waals surface area contributed by atoms with Crippen molar-refractivity contribution in [1.29, 1.82) is 0 Å². The van der Waals surface area contributed by atoms with E-state index in [0.29, 0.717) is 12.2 Å². The third-order valence-corrected chi connectivity index (χ3v) is 2.99. The van der Waals surface area contributed by atoms with Crippen molar-refractivity contribution < 1.29 is 24.2 Å². The monoisotopic (exact) mass is 322 g/mol. The minimum atomic E-state index is -0.777. The summed E-state index contributed by atoms with van der Waals surface area (Å²) in [5, 5.41) is 8.62. The fraction of sp³-hybridized carbons (Fsp3) is 0.556. The van der Waals surface area contributed by atoms with E-state index in [4.69, 9.17) is 14.6 Å². The van der Waals surface area contributed by atoms with E-state index in [1.165, 1.54) is 0 Å². The van der Waals surface area contributed by atoms with Crippen LogP contribution < -0.4 is 4.74 Å². The van der Waals surface area contributed by atoms with E-state index in [1.54, 1.807) is 0 Å². The number of carbonyl (C=O) groups is 2. The number of hydrogen-bond donors (Lipinski definition) is 1. The Labute approximate surface area is 137 Å². The maximum atomic E-state index is 11.7. The first-order valence-corrected chi connectivity index (χ1v) is 7.85. The van der Waals surface area contributed by atoms with Crippen molar-refractivity contribution in [1.82, 2.24) is 0 Å². The highest BCUT2D eigenvalue weighted by Gasteiger charge is 2.19. The summed E-state index contributed by atoms with van der Waals surface area (Å²) in [5.41, 5.74) is 0.576. The molecule has 0 amide bonds. The molecule has 0 aliphatic carbocycles. The lowest BCUT2D eigenvalue weighted by molar-refractivity contribution is -0.156. The van der Waals surface area contributed by atoms with Crippen molar-refractivity contribution in [3.63, 3.8) is 0 Å². The van der Waals surface area contributed by atoms with Crippen LogP contribution in [-0.2, 0) is 20.7 Å². The summed E-state index contributed by atoms with van der Waals surface area (Å²) in [6.07, 6.45) is 1.43. The Morgan fingerprint density at radius 1 is 1.17 bits per heavy atom. The molecule has 0 radical (unpaired) electrons. The van der Waals surface area contributed by atoms with Gasteiger partial charge in [-0.05, 0) is 58.2 Å². The van der Waals surface area contributed by atoms with Gasteiger partial charge in [-0.3, -0.25) is 9.59 Å². The first-order valence-electron chi connectivity index (χ1n) is 7.85. The minimum Gasteiger partial charge on any atom is -0.490 e. The van der Waals surface area contributed by atoms with Crippen molar-refractivity contribution in [2.75, 3.05) is 0 Å². The Morgan fingerprint density at radius 3 is 2.30 bits per heavy atom. The molecule has 0 heterocycles. The maximum Gasteiger partial charge on any atom is 0.310 e. The number of rotatable bonds is 8. The summed E-state index contributed by atoms with van der Waals surface area (Å²) < 4.78 is 11.0. The Kier molecular flexibility index (Phi) is 7.07. The van der Waals surface area contributed by atoms with Crippen molar-refractivity contribution >= 4 is 11.9 Å². The van der Waals surface area contributed by atoms with Crippen molar-refractivity contribution in [3.05, 3.63) is 29.8 Å². The number of hydrogen-bond acceptors (Lipinski definition) is 4. The second-order valence-electron chi connectivity index (χ2n) is 6.61. The van der Waals surface area contributed by atoms with Crippen LogP contribution in [0, 0.1) is 0 Å². The fourth-order valence-electron chi connectivity index (χ4n) is 2.07. The zero-order valence-corrected chi connectivity index (χ0v) is 14.3. The van der Waals surface area contributed by atoms with Crippen LogP contribution in [0.2, 0.25) is 0 Å². The Balaban J connectivity index is 2.42. The van der Waals surface area contributed by atoms with E-state index in [2.05, 4.69) is 0 Å². The lowest BCUT2D eigenvalue weighted by Gasteiger charge is -2.21. The molecule has 0 aromatic heterocycles. The van der Waals surface area contributed by atoms with Crippen LogP contribution in [0.4, 0.5) is 0 Å². The standard InChI is InChI=1S/C18H26O5/c1-13(12-17(21)23-18(2,3)4)22-15-10-8-14(9-11-15)6-5-7-16(19)20/h8-11,13H,5-7,12H2,1-4H3,(H,19,20). The molecule has 0 spiro atoms. The van der Waals surface area contributed by atoms with Gasteiger partial charge >= 0.3 is 11.9 Å². The summed E-state index contributed by atoms with van der Waals surface area (Å²) in [5.74, 6) is -0.376. The molecule has 1 atom stereocenters. The van der Waals surface area contributed by atoms with Gasteiger partial charge in [0.25, 0.3) is 0 Å². The third-order valence-electron chi connectivity index (χ3n) is 2.99. The first kappa shape index (κ1) is 19.0. The maximum absolute atomic E-state index is 11.7. The van der Waals surface area contributed by atoms with Gasteiger partial charge in [-0.1, -0.05) is 12.1 Å². The highest BCUT2D eigenvalue weighted by molar-refractivity contribution is 5.70. The van der Waals surface area contributed by atoms with Gasteiger partial charge in [-0.25, -0.2) is 0 Å². The molecule has 0 aliphatic heterocycles. The molecule has 1 aromatic carbocycles. The molecule has 0 bridgehead atoms. The molecule has 1 unspecified atom stereocenters. The Morgan fingerprint density at radius 2 is 1.78 bits per heavy atom. The van der Waals surface area contributed by atoms with E-state index in [0.717, 1.165) is 12.0 Å². The Hall–Kier alpha value is -2.04. The van der Waals surface area contributed by atoms with E-state index in [-0.39, 0.29) is 24.9 Å². The lowest BCUT2D eigenvalue weighted by Crippen LogP contribution is -2.27. The number of ether oxygens (including phenoxy) is 2. The molecular formula is C18H26O5. The average Bonchev–Trinajstić information content (AvgIpc) is 2.37. The molecule has 0 saturated heterocycles. The third kappa shape index (κ3) is 8.86. The number of carboxylic acids is 1. The number of carboxylic acid groups (broad SMARTS) is 1. The normalized spacial score (nSPS) is 12.5. The number of aliphatic carboxylic acids is 1. The van der Waals surface area contributed by atoms with Gasteiger partial charge in [0.1, 0.15) is 17.5 Å². The predicted molar refractivity (Wildman–Crippen MR) is 87.6 cm³/mol. The smallest absolute Gasteiger partial charge is 0.310 e. The van der Waals surface area contributed by atoms with Gasteiger partial charge in [-0.15, -0.1) is 0 Å². The van der Waals surface area contributed by atoms with Crippen LogP contribution in [0.5, 0.6) is 5.75 Å². The quantitative estimate of drug-likeness (QED) is 0.740. The van der Waals surface area contributed by atoms with Crippen molar-refractivity contribution in [3.8, 4) is 5.75 Å². The van der Waals surface area contributed by atoms with Crippen LogP contribution in [0.25, 0.3) is 0 Å². The average molecular weight is 322 g/mol. The van der Waals surface area contributed by atoms with E-state index >= 15 is 0 Å². The molecule has 5 nitrogen and oxygen atoms in total. The molecule has 0 fully saturated rings. The van der Waals surface area contributed by atoms with Gasteiger partial charge < -0.3 is 14.6 Å². The second kappa shape index (κ2) is 8.56. The predicted octanol–water partition coefficient (Wildman–Crippen LogP) is 3.59. The largest absolute Gasteiger partial charge is 0.490 e. The SMILES string of the molecule is CC(CC(=O)OC(C)(C)C)Oc1ccc(CCCC(=O)O)cc1. The zero-order chi connectivity index (χ0) is 17.5. The summed E-state index contributed by atoms with van der Waals surface area (Å²) in [6.45, 7) is 7.32. The van der Waals surface area contributed by atoms with Gasteiger partial charge in [0, 0.05) is 6.42 Å². The summed E-state index contributed by atoms with van der Waals surface area (Å²) in [6, 6.07) is 7.50. The molecule has 0 aliphatic rings. The minimum absolute atomic E-state index is 0.172. The van der Waals surface area contributed by atoms with Crippen molar-refractivity contribution in [2.45, 2.75) is 65.1 Å². The summed E-state index contributed by atoms with van der Waals surface area (Å²) in [4.78, 5) is 22.2. The topological polar surface area (TPSA) is 72.8 Å². The Bertz CT molecular complexity index is 513. The number of esters is 1. The van der Waals surface area contributed by atoms with Crippen molar-refractivity contribution in [2.24, 2.45) is 0 Å². The van der Waals surface area contributed by atoms with E-state index < -0.39 is 11.6 Å². The fourth-order valence-corrected chi connectivity index (χ4v) is 2.07.